The summed E-state index contributed by atoms with van der Waals surface area (Å²) in [7, 11) is 0. The number of aliphatic hydroxyl groups excluding tert-OH is 1. The Hall–Kier alpha value is -3.07. The van der Waals surface area contributed by atoms with Crippen molar-refractivity contribution in [2.75, 3.05) is 6.61 Å². The van der Waals surface area contributed by atoms with Crippen molar-refractivity contribution in [2.24, 2.45) is 0 Å². The molecule has 0 aliphatic carbocycles. The number of hydrogen-bond acceptors (Lipinski definition) is 6. The molecular formula is C15H16N5O4+. The van der Waals surface area contributed by atoms with Gasteiger partial charge in [0.05, 0.1) is 4.92 Å². The van der Waals surface area contributed by atoms with Crippen LogP contribution in [0.15, 0.2) is 30.7 Å². The van der Waals surface area contributed by atoms with Gasteiger partial charge in [0.2, 0.25) is 11.5 Å². The summed E-state index contributed by atoms with van der Waals surface area (Å²) in [5, 5.41) is 34.3. The zero-order valence-electron chi connectivity index (χ0n) is 13.0. The van der Waals surface area contributed by atoms with Crippen LogP contribution in [-0.2, 0) is 13.0 Å². The molecule has 24 heavy (non-hydrogen) atoms. The van der Waals surface area contributed by atoms with E-state index in [9.17, 15) is 15.2 Å². The van der Waals surface area contributed by atoms with Crippen molar-refractivity contribution in [3.8, 4) is 5.88 Å². The number of nitrogens with zero attached hydrogens (tertiary/aromatic N) is 5. The van der Waals surface area contributed by atoms with Crippen LogP contribution in [0.25, 0.3) is 5.65 Å². The Morgan fingerprint density at radius 3 is 2.96 bits per heavy atom. The van der Waals surface area contributed by atoms with E-state index < -0.39 is 4.92 Å². The molecule has 0 amide bonds. The van der Waals surface area contributed by atoms with Gasteiger partial charge in [-0.3, -0.25) is 10.1 Å². The fraction of sp³-hybridized carbons (Fsp3) is 0.267. The smallest absolute Gasteiger partial charge is 0.333 e. The molecule has 3 rings (SSSR count). The van der Waals surface area contributed by atoms with Gasteiger partial charge in [0, 0.05) is 29.3 Å². The molecule has 0 unspecified atom stereocenters. The Kier molecular flexibility index (Phi) is 4.09. The number of fused-ring (bicyclic) bond motifs is 1. The fourth-order valence-corrected chi connectivity index (χ4v) is 2.58. The van der Waals surface area contributed by atoms with Crippen molar-refractivity contribution >= 4 is 11.3 Å². The van der Waals surface area contributed by atoms with Crippen LogP contribution in [0, 0.1) is 17.0 Å². The van der Waals surface area contributed by atoms with E-state index >= 15 is 0 Å². The molecule has 2 N–H and O–H groups in total. The molecule has 0 aromatic carbocycles. The molecule has 0 saturated heterocycles. The summed E-state index contributed by atoms with van der Waals surface area (Å²) in [6.07, 6.45) is 5.17. The third kappa shape index (κ3) is 2.76. The molecule has 0 radical (unpaired) electrons. The van der Waals surface area contributed by atoms with Crippen LogP contribution in [0.4, 0.5) is 5.69 Å². The standard InChI is InChI=1S/C15H15N5O4/c1-10-12(7-11-3-2-4-18(9-11)5-6-21)15(22)19-14(17-10)13(8-16-19)20(23)24/h2-4,8-9,21H,5-7H2,1H3/p+1. The monoisotopic (exact) mass is 330 g/mol. The highest BCUT2D eigenvalue weighted by molar-refractivity contribution is 5.61. The molecular weight excluding hydrogens is 314 g/mol. The minimum Gasteiger partial charge on any atom is -0.493 e. The Labute approximate surface area is 136 Å². The van der Waals surface area contributed by atoms with Crippen LogP contribution in [0.3, 0.4) is 0 Å². The van der Waals surface area contributed by atoms with E-state index in [0.29, 0.717) is 24.2 Å². The zero-order chi connectivity index (χ0) is 17.3. The van der Waals surface area contributed by atoms with Gasteiger partial charge in [0.1, 0.15) is 12.8 Å². The van der Waals surface area contributed by atoms with Crippen LogP contribution >= 0.6 is 0 Å². The third-order valence-corrected chi connectivity index (χ3v) is 3.76. The van der Waals surface area contributed by atoms with Gasteiger partial charge in [-0.15, -0.1) is 0 Å². The highest BCUT2D eigenvalue weighted by Gasteiger charge is 2.22. The number of rotatable bonds is 5. The largest absolute Gasteiger partial charge is 0.493 e. The zero-order valence-corrected chi connectivity index (χ0v) is 13.0. The first-order valence-electron chi connectivity index (χ1n) is 7.30. The van der Waals surface area contributed by atoms with Crippen LogP contribution in [-0.4, -0.2) is 36.3 Å². The van der Waals surface area contributed by atoms with Gasteiger partial charge >= 0.3 is 5.69 Å². The Balaban J connectivity index is 2.04. The molecule has 0 saturated carbocycles. The Morgan fingerprint density at radius 2 is 2.25 bits per heavy atom. The average Bonchev–Trinajstić information content (AvgIpc) is 2.96. The molecule has 3 aromatic heterocycles. The molecule has 0 bridgehead atoms. The summed E-state index contributed by atoms with van der Waals surface area (Å²) < 4.78 is 2.91. The number of aromatic hydroxyl groups is 1. The molecule has 0 aliphatic heterocycles. The topological polar surface area (TPSA) is 118 Å². The van der Waals surface area contributed by atoms with Crippen molar-refractivity contribution in [3.63, 3.8) is 0 Å². The minimum absolute atomic E-state index is 0.0159. The van der Waals surface area contributed by atoms with E-state index in [2.05, 4.69) is 10.1 Å². The lowest BCUT2D eigenvalue weighted by Gasteiger charge is -2.08. The maximum atomic E-state index is 11.0. The second-order valence-electron chi connectivity index (χ2n) is 5.37. The second-order valence-corrected chi connectivity index (χ2v) is 5.37. The SMILES string of the molecule is Cc1nc2c([N+](=O)[O-])cnn2c(O)c1Cc1ccc[n+](CCO)c1. The second kappa shape index (κ2) is 6.20. The summed E-state index contributed by atoms with van der Waals surface area (Å²) in [6.45, 7) is 2.20. The van der Waals surface area contributed by atoms with Crippen molar-refractivity contribution < 1.29 is 19.7 Å². The summed E-state index contributed by atoms with van der Waals surface area (Å²) in [6, 6.07) is 3.74. The highest BCUT2D eigenvalue weighted by Crippen LogP contribution is 2.27. The molecule has 3 aromatic rings. The minimum atomic E-state index is -0.580. The first-order valence-corrected chi connectivity index (χ1v) is 7.30. The Bertz CT molecular complexity index is 922. The summed E-state index contributed by atoms with van der Waals surface area (Å²) in [5.74, 6) is -0.164. The molecule has 9 nitrogen and oxygen atoms in total. The molecule has 9 heteroatoms. The average molecular weight is 330 g/mol. The van der Waals surface area contributed by atoms with Gasteiger partial charge in [-0.05, 0) is 13.0 Å². The maximum Gasteiger partial charge on any atom is 0.333 e. The number of aryl methyl sites for hydroxylation is 1. The summed E-state index contributed by atoms with van der Waals surface area (Å²) >= 11 is 0. The predicted molar refractivity (Wildman–Crippen MR) is 82.6 cm³/mol. The van der Waals surface area contributed by atoms with Crippen LogP contribution in [0.5, 0.6) is 5.88 Å². The van der Waals surface area contributed by atoms with Gasteiger partial charge in [-0.2, -0.15) is 9.61 Å². The molecule has 3 heterocycles. The third-order valence-electron chi connectivity index (χ3n) is 3.76. The number of nitro groups is 1. The van der Waals surface area contributed by atoms with Crippen LogP contribution in [0.2, 0.25) is 0 Å². The van der Waals surface area contributed by atoms with Gasteiger partial charge < -0.3 is 10.2 Å². The van der Waals surface area contributed by atoms with Gasteiger partial charge in [0.25, 0.3) is 0 Å². The molecule has 0 fully saturated rings. The van der Waals surface area contributed by atoms with Crippen molar-refractivity contribution in [2.45, 2.75) is 19.9 Å². The first kappa shape index (κ1) is 15.8. The first-order chi connectivity index (χ1) is 11.5. The van der Waals surface area contributed by atoms with E-state index in [1.54, 1.807) is 6.92 Å². The highest BCUT2D eigenvalue weighted by atomic mass is 16.6. The summed E-state index contributed by atoms with van der Waals surface area (Å²) in [5.41, 5.74) is 1.72. The quantitative estimate of drug-likeness (QED) is 0.400. The number of aliphatic hydroxyl groups is 1. The number of aromatic nitrogens is 4. The lowest BCUT2D eigenvalue weighted by Crippen LogP contribution is -2.35. The Morgan fingerprint density at radius 1 is 1.46 bits per heavy atom. The lowest BCUT2D eigenvalue weighted by atomic mass is 10.1. The van der Waals surface area contributed by atoms with E-state index in [4.69, 9.17) is 5.11 Å². The molecule has 0 aliphatic rings. The van der Waals surface area contributed by atoms with E-state index in [1.165, 1.54) is 0 Å². The van der Waals surface area contributed by atoms with Crippen molar-refractivity contribution in [1.82, 2.24) is 14.6 Å². The van der Waals surface area contributed by atoms with E-state index in [-0.39, 0.29) is 23.8 Å². The molecule has 0 spiro atoms. The van der Waals surface area contributed by atoms with Crippen molar-refractivity contribution in [1.29, 1.82) is 0 Å². The van der Waals surface area contributed by atoms with Crippen molar-refractivity contribution in [3.05, 3.63) is 57.7 Å². The normalized spacial score (nSPS) is 11.1. The van der Waals surface area contributed by atoms with Gasteiger partial charge in [-0.25, -0.2) is 9.55 Å². The van der Waals surface area contributed by atoms with Gasteiger partial charge in [-0.1, -0.05) is 0 Å². The molecule has 124 valence electrons. The van der Waals surface area contributed by atoms with E-state index in [0.717, 1.165) is 16.3 Å². The van der Waals surface area contributed by atoms with Crippen LogP contribution in [0.1, 0.15) is 16.8 Å². The fourth-order valence-electron chi connectivity index (χ4n) is 2.58. The lowest BCUT2D eigenvalue weighted by molar-refractivity contribution is -0.698. The van der Waals surface area contributed by atoms with Crippen LogP contribution < -0.4 is 4.57 Å². The van der Waals surface area contributed by atoms with Gasteiger partial charge in [0.15, 0.2) is 18.9 Å². The predicted octanol–water partition coefficient (Wildman–Crippen LogP) is 0.522. The number of hydrogen-bond donors (Lipinski definition) is 2. The summed E-state index contributed by atoms with van der Waals surface area (Å²) in [4.78, 5) is 14.6. The number of pyridine rings is 1. The molecule has 0 atom stereocenters. The van der Waals surface area contributed by atoms with E-state index in [1.807, 2.05) is 29.1 Å². The maximum absolute atomic E-state index is 11.0.